The van der Waals surface area contributed by atoms with Crippen molar-refractivity contribution in [3.63, 3.8) is 0 Å². The van der Waals surface area contributed by atoms with Crippen LogP contribution in [0.1, 0.15) is 24.0 Å². The lowest BCUT2D eigenvalue weighted by atomic mass is 10.1. The fraction of sp³-hybridized carbons (Fsp3) is 0.350. The van der Waals surface area contributed by atoms with E-state index >= 15 is 0 Å². The predicted octanol–water partition coefficient (Wildman–Crippen LogP) is 2.81. The smallest absolute Gasteiger partial charge is 0.236 e. The standard InChI is InChI=1S/C20H23ClN2O4S/c21-17-5-1-16(2-6-17)14-28(26,27)22-18-7-3-15(4-8-18)13-20(25)23-11-9-19(24)10-12-23/h1-8,19,22,24H,9-14H2. The van der Waals surface area contributed by atoms with E-state index in [9.17, 15) is 18.3 Å². The van der Waals surface area contributed by atoms with Gasteiger partial charge in [-0.2, -0.15) is 0 Å². The third kappa shape index (κ3) is 5.95. The summed E-state index contributed by atoms with van der Waals surface area (Å²) in [7, 11) is -3.55. The van der Waals surface area contributed by atoms with Gasteiger partial charge in [-0.3, -0.25) is 9.52 Å². The highest BCUT2D eigenvalue weighted by Crippen LogP contribution is 2.17. The average Bonchev–Trinajstić information content (AvgIpc) is 2.65. The first-order valence-corrected chi connectivity index (χ1v) is 11.1. The van der Waals surface area contributed by atoms with Gasteiger partial charge in [-0.05, 0) is 48.2 Å². The molecular weight excluding hydrogens is 400 g/mol. The molecule has 0 aliphatic carbocycles. The van der Waals surface area contributed by atoms with Crippen molar-refractivity contribution < 1.29 is 18.3 Å². The van der Waals surface area contributed by atoms with E-state index in [-0.39, 0.29) is 24.2 Å². The third-order valence-electron chi connectivity index (χ3n) is 4.67. The van der Waals surface area contributed by atoms with E-state index < -0.39 is 10.0 Å². The minimum Gasteiger partial charge on any atom is -0.393 e. The summed E-state index contributed by atoms with van der Waals surface area (Å²) in [5.41, 5.74) is 1.91. The summed E-state index contributed by atoms with van der Waals surface area (Å²) in [6.07, 6.45) is 1.16. The number of nitrogens with zero attached hydrogens (tertiary/aromatic N) is 1. The Morgan fingerprint density at radius 2 is 1.61 bits per heavy atom. The molecule has 0 spiro atoms. The molecule has 1 aliphatic rings. The maximum atomic E-state index is 12.3. The lowest BCUT2D eigenvalue weighted by Crippen LogP contribution is -2.40. The normalized spacial score (nSPS) is 15.4. The van der Waals surface area contributed by atoms with Gasteiger partial charge in [-0.25, -0.2) is 8.42 Å². The van der Waals surface area contributed by atoms with Crippen LogP contribution in [0, 0.1) is 0 Å². The predicted molar refractivity (Wildman–Crippen MR) is 110 cm³/mol. The fourth-order valence-corrected chi connectivity index (χ4v) is 4.43. The van der Waals surface area contributed by atoms with Gasteiger partial charge in [0.1, 0.15) is 0 Å². The topological polar surface area (TPSA) is 86.7 Å². The summed E-state index contributed by atoms with van der Waals surface area (Å²) < 4.78 is 27.2. The minimum absolute atomic E-state index is 0.0166. The van der Waals surface area contributed by atoms with Gasteiger partial charge in [-0.15, -0.1) is 0 Å². The van der Waals surface area contributed by atoms with Gasteiger partial charge in [0.15, 0.2) is 0 Å². The van der Waals surface area contributed by atoms with Crippen molar-refractivity contribution in [1.82, 2.24) is 4.90 Å². The second-order valence-corrected chi connectivity index (χ2v) is 9.13. The van der Waals surface area contributed by atoms with Crippen molar-refractivity contribution in [2.45, 2.75) is 31.1 Å². The van der Waals surface area contributed by atoms with E-state index in [2.05, 4.69) is 4.72 Å². The molecule has 150 valence electrons. The number of anilines is 1. The second-order valence-electron chi connectivity index (χ2n) is 6.97. The van der Waals surface area contributed by atoms with Crippen molar-refractivity contribution >= 4 is 33.2 Å². The monoisotopic (exact) mass is 422 g/mol. The zero-order chi connectivity index (χ0) is 20.1. The molecule has 0 saturated carbocycles. The largest absolute Gasteiger partial charge is 0.393 e. The van der Waals surface area contributed by atoms with Crippen LogP contribution in [0.5, 0.6) is 0 Å². The third-order valence-corrected chi connectivity index (χ3v) is 6.18. The summed E-state index contributed by atoms with van der Waals surface area (Å²) in [5.74, 6) is -0.131. The molecule has 8 heteroatoms. The zero-order valence-corrected chi connectivity index (χ0v) is 16.9. The van der Waals surface area contributed by atoms with Gasteiger partial charge in [0.25, 0.3) is 0 Å². The summed E-state index contributed by atoms with van der Waals surface area (Å²) in [5, 5.41) is 10.1. The van der Waals surface area contributed by atoms with Crippen LogP contribution in [0.15, 0.2) is 48.5 Å². The number of hydrogen-bond donors (Lipinski definition) is 2. The molecule has 0 aromatic heterocycles. The summed E-state index contributed by atoms with van der Waals surface area (Å²) >= 11 is 5.82. The number of halogens is 1. The van der Waals surface area contributed by atoms with E-state index in [1.165, 1.54) is 0 Å². The molecule has 1 aliphatic heterocycles. The average molecular weight is 423 g/mol. The summed E-state index contributed by atoms with van der Waals surface area (Å²) in [4.78, 5) is 14.1. The molecule has 1 saturated heterocycles. The van der Waals surface area contributed by atoms with Gasteiger partial charge in [0.05, 0.1) is 18.3 Å². The number of aliphatic hydroxyl groups excluding tert-OH is 1. The highest BCUT2D eigenvalue weighted by molar-refractivity contribution is 7.91. The molecule has 2 aromatic rings. The van der Waals surface area contributed by atoms with Crippen LogP contribution in [0.4, 0.5) is 5.69 Å². The summed E-state index contributed by atoms with van der Waals surface area (Å²) in [6, 6.07) is 13.5. The van der Waals surface area contributed by atoms with Crippen molar-refractivity contribution in [3.8, 4) is 0 Å². The van der Waals surface area contributed by atoms with Gasteiger partial charge < -0.3 is 10.0 Å². The molecule has 2 aromatic carbocycles. The van der Waals surface area contributed by atoms with E-state index in [0.29, 0.717) is 42.2 Å². The van der Waals surface area contributed by atoms with Crippen LogP contribution in [0.3, 0.4) is 0 Å². The van der Waals surface area contributed by atoms with Crippen molar-refractivity contribution in [2.75, 3.05) is 17.8 Å². The number of likely N-dealkylation sites (tertiary alicyclic amines) is 1. The lowest BCUT2D eigenvalue weighted by Gasteiger charge is -2.29. The van der Waals surface area contributed by atoms with Crippen LogP contribution in [-0.4, -0.2) is 43.5 Å². The highest BCUT2D eigenvalue weighted by Gasteiger charge is 2.21. The Balaban J connectivity index is 1.56. The lowest BCUT2D eigenvalue weighted by molar-refractivity contribution is -0.132. The number of carbonyl (C=O) groups is 1. The minimum atomic E-state index is -3.55. The van der Waals surface area contributed by atoms with Gasteiger partial charge >= 0.3 is 0 Å². The van der Waals surface area contributed by atoms with E-state index in [4.69, 9.17) is 11.6 Å². The quantitative estimate of drug-likeness (QED) is 0.749. The number of piperidine rings is 1. The number of carbonyl (C=O) groups excluding carboxylic acids is 1. The first-order chi connectivity index (χ1) is 13.3. The Morgan fingerprint density at radius 1 is 1.04 bits per heavy atom. The van der Waals surface area contributed by atoms with Crippen molar-refractivity contribution in [1.29, 1.82) is 0 Å². The van der Waals surface area contributed by atoms with E-state index in [0.717, 1.165) is 5.56 Å². The van der Waals surface area contributed by atoms with Crippen LogP contribution in [-0.2, 0) is 27.0 Å². The van der Waals surface area contributed by atoms with Crippen LogP contribution >= 0.6 is 11.6 Å². The number of amides is 1. The van der Waals surface area contributed by atoms with E-state index in [1.807, 2.05) is 0 Å². The SMILES string of the molecule is O=C(Cc1ccc(NS(=O)(=O)Cc2ccc(Cl)cc2)cc1)N1CCC(O)CC1. The van der Waals surface area contributed by atoms with Crippen molar-refractivity contribution in [2.24, 2.45) is 0 Å². The molecule has 0 radical (unpaired) electrons. The number of hydrogen-bond acceptors (Lipinski definition) is 4. The molecule has 6 nitrogen and oxygen atoms in total. The first-order valence-electron chi connectivity index (χ1n) is 9.10. The number of rotatable bonds is 6. The molecule has 0 bridgehead atoms. The fourth-order valence-electron chi connectivity index (χ4n) is 3.11. The van der Waals surface area contributed by atoms with Crippen molar-refractivity contribution in [3.05, 3.63) is 64.7 Å². The zero-order valence-electron chi connectivity index (χ0n) is 15.3. The molecule has 1 heterocycles. The molecule has 3 rings (SSSR count). The number of benzene rings is 2. The molecule has 0 unspecified atom stereocenters. The Morgan fingerprint density at radius 3 is 2.21 bits per heavy atom. The first kappa shape index (κ1) is 20.6. The molecular formula is C20H23ClN2O4S. The second kappa shape index (κ2) is 8.94. The number of nitrogens with one attached hydrogen (secondary N) is 1. The number of aliphatic hydroxyl groups is 1. The highest BCUT2D eigenvalue weighted by atomic mass is 35.5. The number of sulfonamides is 1. The Hall–Kier alpha value is -2.09. The van der Waals surface area contributed by atoms with Crippen LogP contribution in [0.2, 0.25) is 5.02 Å². The van der Waals surface area contributed by atoms with Gasteiger partial charge in [0, 0.05) is 23.8 Å². The molecule has 1 amide bonds. The van der Waals surface area contributed by atoms with Crippen LogP contribution < -0.4 is 4.72 Å². The maximum absolute atomic E-state index is 12.3. The maximum Gasteiger partial charge on any atom is 0.236 e. The van der Waals surface area contributed by atoms with E-state index in [1.54, 1.807) is 53.4 Å². The molecule has 28 heavy (non-hydrogen) atoms. The van der Waals surface area contributed by atoms with Gasteiger partial charge in [0.2, 0.25) is 15.9 Å². The van der Waals surface area contributed by atoms with Gasteiger partial charge in [-0.1, -0.05) is 35.9 Å². The molecule has 1 fully saturated rings. The molecule has 2 N–H and O–H groups in total. The Kier molecular flexibility index (Phi) is 6.59. The van der Waals surface area contributed by atoms with Crippen LogP contribution in [0.25, 0.3) is 0 Å². The Bertz CT molecular complexity index is 906. The Labute approximate surface area is 170 Å². The summed E-state index contributed by atoms with van der Waals surface area (Å²) in [6.45, 7) is 1.14. The molecule has 0 atom stereocenters.